The fourth-order valence-electron chi connectivity index (χ4n) is 10.3. The molecule has 4 aliphatic carbocycles. The Kier molecular flexibility index (Phi) is 7.33. The van der Waals surface area contributed by atoms with Gasteiger partial charge in [0.05, 0.1) is 6.10 Å². The van der Waals surface area contributed by atoms with Crippen molar-refractivity contribution >= 4 is 11.4 Å². The topological polar surface area (TPSA) is 61.3 Å². The van der Waals surface area contributed by atoms with Crippen LogP contribution in [0.25, 0.3) is 0 Å². The standard InChI is InChI=1S/C33H54N2O/c1-21(2)7-6-8-22(3)29-11-12-30-28-10-9-23-17-26(36-27-19-24(34)18-25(35)20-27)13-15-32(23,4)31(28)14-16-33(29,30)5/h18-23,26,28-31H,6-17,34-35H2,1-5H3/t22-,23?,26?,28?,29-,30?,31?,32+,33-/m1/s1. The van der Waals surface area contributed by atoms with Gasteiger partial charge in [0.2, 0.25) is 0 Å². The van der Waals surface area contributed by atoms with Crippen LogP contribution in [0.4, 0.5) is 11.4 Å². The minimum Gasteiger partial charge on any atom is -0.490 e. The first kappa shape index (κ1) is 26.2. The number of hydrogen-bond donors (Lipinski definition) is 2. The van der Waals surface area contributed by atoms with Crippen molar-refractivity contribution in [2.24, 2.45) is 52.3 Å². The predicted molar refractivity (Wildman–Crippen MR) is 153 cm³/mol. The summed E-state index contributed by atoms with van der Waals surface area (Å²) < 4.78 is 6.46. The van der Waals surface area contributed by atoms with Crippen molar-refractivity contribution in [1.82, 2.24) is 0 Å². The van der Waals surface area contributed by atoms with E-state index in [1.165, 1.54) is 77.0 Å². The third-order valence-electron chi connectivity index (χ3n) is 12.1. The van der Waals surface area contributed by atoms with E-state index in [-0.39, 0.29) is 0 Å². The molecule has 9 atom stereocenters. The molecule has 3 heteroatoms. The fraction of sp³-hybridized carbons (Fsp3) is 0.818. The number of hydrogen-bond acceptors (Lipinski definition) is 3. The summed E-state index contributed by atoms with van der Waals surface area (Å²) in [6.45, 7) is 12.7. The van der Waals surface area contributed by atoms with Crippen LogP contribution in [-0.4, -0.2) is 6.10 Å². The third-order valence-corrected chi connectivity index (χ3v) is 12.1. The maximum atomic E-state index is 6.46. The molecule has 4 N–H and O–H groups in total. The normalized spacial score (nSPS) is 40.8. The summed E-state index contributed by atoms with van der Waals surface area (Å²) in [6.07, 6.45) is 17.1. The summed E-state index contributed by atoms with van der Waals surface area (Å²) in [5.41, 5.74) is 14.5. The van der Waals surface area contributed by atoms with E-state index in [1.807, 2.05) is 18.2 Å². The predicted octanol–water partition coefficient (Wildman–Crippen LogP) is 8.72. The van der Waals surface area contributed by atoms with E-state index in [0.717, 1.165) is 47.2 Å². The molecule has 1 aromatic carbocycles. The molecule has 3 nitrogen and oxygen atoms in total. The van der Waals surface area contributed by atoms with E-state index in [9.17, 15) is 0 Å². The van der Waals surface area contributed by atoms with Crippen LogP contribution in [0, 0.1) is 52.3 Å². The smallest absolute Gasteiger partial charge is 0.123 e. The maximum absolute atomic E-state index is 6.46. The van der Waals surface area contributed by atoms with Gasteiger partial charge >= 0.3 is 0 Å². The molecular weight excluding hydrogens is 440 g/mol. The molecule has 0 saturated heterocycles. The van der Waals surface area contributed by atoms with Gasteiger partial charge in [-0.15, -0.1) is 0 Å². The van der Waals surface area contributed by atoms with Gasteiger partial charge in [-0.05, 0) is 116 Å². The van der Waals surface area contributed by atoms with Gasteiger partial charge in [0.25, 0.3) is 0 Å². The average Bonchev–Trinajstić information content (AvgIpc) is 3.15. The summed E-state index contributed by atoms with van der Waals surface area (Å²) in [5.74, 6) is 7.20. The Hall–Kier alpha value is -1.38. The summed E-state index contributed by atoms with van der Waals surface area (Å²) in [4.78, 5) is 0. The highest BCUT2D eigenvalue weighted by atomic mass is 16.5. The van der Waals surface area contributed by atoms with E-state index in [1.54, 1.807) is 0 Å². The lowest BCUT2D eigenvalue weighted by Crippen LogP contribution is -2.54. The van der Waals surface area contributed by atoms with Crippen LogP contribution in [0.15, 0.2) is 18.2 Å². The Bertz CT molecular complexity index is 893. The SMILES string of the molecule is CC(C)CCC[C@@H](C)[C@H]1CCC2C3CCC4CC(Oc5cc(N)cc(N)c5)CC[C@]4(C)C3CC[C@@]21C. The first-order valence-electron chi connectivity index (χ1n) is 15.4. The molecule has 0 radical (unpaired) electrons. The Balaban J connectivity index is 1.24. The van der Waals surface area contributed by atoms with Crippen molar-refractivity contribution in [3.63, 3.8) is 0 Å². The molecule has 202 valence electrons. The second kappa shape index (κ2) is 10.1. The Morgan fingerprint density at radius 2 is 1.53 bits per heavy atom. The van der Waals surface area contributed by atoms with E-state index < -0.39 is 0 Å². The van der Waals surface area contributed by atoms with Crippen molar-refractivity contribution < 1.29 is 4.74 Å². The maximum Gasteiger partial charge on any atom is 0.123 e. The lowest BCUT2D eigenvalue weighted by molar-refractivity contribution is -0.126. The monoisotopic (exact) mass is 494 g/mol. The van der Waals surface area contributed by atoms with Crippen molar-refractivity contribution in [2.75, 3.05) is 11.5 Å². The lowest BCUT2D eigenvalue weighted by atomic mass is 9.44. The molecule has 0 bridgehead atoms. The van der Waals surface area contributed by atoms with Crippen LogP contribution >= 0.6 is 0 Å². The van der Waals surface area contributed by atoms with E-state index in [2.05, 4.69) is 34.6 Å². The average molecular weight is 495 g/mol. The summed E-state index contributed by atoms with van der Waals surface area (Å²) in [6, 6.07) is 5.68. The van der Waals surface area contributed by atoms with Gasteiger partial charge in [-0.2, -0.15) is 0 Å². The Morgan fingerprint density at radius 1 is 0.833 bits per heavy atom. The summed E-state index contributed by atoms with van der Waals surface area (Å²) in [5, 5.41) is 0. The van der Waals surface area contributed by atoms with Gasteiger partial charge in [0.15, 0.2) is 0 Å². The van der Waals surface area contributed by atoms with Gasteiger partial charge in [-0.1, -0.05) is 53.9 Å². The number of nitrogens with two attached hydrogens (primary N) is 2. The van der Waals surface area contributed by atoms with Crippen LogP contribution in [0.3, 0.4) is 0 Å². The lowest BCUT2D eigenvalue weighted by Gasteiger charge is -2.61. The molecule has 4 saturated carbocycles. The molecule has 0 heterocycles. The zero-order valence-electron chi connectivity index (χ0n) is 23.9. The molecule has 36 heavy (non-hydrogen) atoms. The van der Waals surface area contributed by atoms with Crippen LogP contribution in [-0.2, 0) is 0 Å². The zero-order chi connectivity index (χ0) is 25.7. The van der Waals surface area contributed by atoms with Crippen molar-refractivity contribution in [3.05, 3.63) is 18.2 Å². The van der Waals surface area contributed by atoms with Crippen molar-refractivity contribution in [1.29, 1.82) is 0 Å². The molecule has 1 aromatic rings. The molecule has 4 fully saturated rings. The summed E-state index contributed by atoms with van der Waals surface area (Å²) in [7, 11) is 0. The molecule has 0 amide bonds. The van der Waals surface area contributed by atoms with Gasteiger partial charge in [-0.25, -0.2) is 0 Å². The third kappa shape index (κ3) is 4.78. The van der Waals surface area contributed by atoms with E-state index in [0.29, 0.717) is 28.3 Å². The highest BCUT2D eigenvalue weighted by Crippen LogP contribution is 2.68. The fourth-order valence-corrected chi connectivity index (χ4v) is 10.3. The van der Waals surface area contributed by atoms with Crippen LogP contribution in [0.2, 0.25) is 0 Å². The number of fused-ring (bicyclic) bond motifs is 5. The van der Waals surface area contributed by atoms with Crippen LogP contribution in [0.1, 0.15) is 112 Å². The van der Waals surface area contributed by atoms with Crippen molar-refractivity contribution in [3.8, 4) is 5.75 Å². The minimum absolute atomic E-state index is 0.303. The first-order chi connectivity index (χ1) is 17.1. The van der Waals surface area contributed by atoms with Gasteiger partial charge in [-0.3, -0.25) is 0 Å². The van der Waals surface area contributed by atoms with E-state index >= 15 is 0 Å². The molecule has 5 unspecified atom stereocenters. The molecule has 0 aromatic heterocycles. The number of benzene rings is 1. The van der Waals surface area contributed by atoms with Crippen molar-refractivity contribution in [2.45, 2.75) is 118 Å². The molecular formula is C33H54N2O. The molecule has 0 aliphatic heterocycles. The molecule has 4 aliphatic rings. The number of nitrogen functional groups attached to an aromatic ring is 2. The van der Waals surface area contributed by atoms with Crippen LogP contribution in [0.5, 0.6) is 5.75 Å². The van der Waals surface area contributed by atoms with Crippen LogP contribution < -0.4 is 16.2 Å². The largest absolute Gasteiger partial charge is 0.490 e. The molecule has 5 rings (SSSR count). The number of ether oxygens (including phenoxy) is 1. The Labute approximate surface area is 221 Å². The summed E-state index contributed by atoms with van der Waals surface area (Å²) >= 11 is 0. The van der Waals surface area contributed by atoms with Gasteiger partial charge in [0, 0.05) is 23.5 Å². The Morgan fingerprint density at radius 3 is 2.25 bits per heavy atom. The zero-order valence-corrected chi connectivity index (χ0v) is 23.9. The van der Waals surface area contributed by atoms with E-state index in [4.69, 9.17) is 16.2 Å². The second-order valence-corrected chi connectivity index (χ2v) is 14.5. The highest BCUT2D eigenvalue weighted by molar-refractivity contribution is 5.56. The first-order valence-corrected chi connectivity index (χ1v) is 15.4. The quantitative estimate of drug-likeness (QED) is 0.372. The molecule has 0 spiro atoms. The minimum atomic E-state index is 0.303. The highest BCUT2D eigenvalue weighted by Gasteiger charge is 2.60. The number of rotatable bonds is 7. The second-order valence-electron chi connectivity index (χ2n) is 14.5. The van der Waals surface area contributed by atoms with Gasteiger partial charge < -0.3 is 16.2 Å². The number of anilines is 2. The van der Waals surface area contributed by atoms with Gasteiger partial charge in [0.1, 0.15) is 5.75 Å².